The quantitative estimate of drug-likeness (QED) is 0.641. The second kappa shape index (κ2) is 5.19. The topological polar surface area (TPSA) is 53.1 Å². The van der Waals surface area contributed by atoms with E-state index in [1.807, 2.05) is 23.9 Å². The highest BCUT2D eigenvalue weighted by molar-refractivity contribution is 7.99. The second-order valence-electron chi connectivity index (χ2n) is 4.19. The maximum atomic E-state index is 7.63. The molecule has 3 nitrogen and oxygen atoms in total. The number of benzene rings is 1. The Morgan fingerprint density at radius 3 is 3.00 bits per heavy atom. The molecule has 1 aromatic rings. The number of nitrogen functional groups attached to an aromatic ring is 1. The van der Waals surface area contributed by atoms with Gasteiger partial charge in [0.2, 0.25) is 0 Å². The SMILES string of the molecule is CC1CSCCN1c1cc(Cl)ccc1C(=N)N. The number of amidine groups is 1. The van der Waals surface area contributed by atoms with Gasteiger partial charge in [0.15, 0.2) is 0 Å². The van der Waals surface area contributed by atoms with Gasteiger partial charge in [-0.1, -0.05) is 11.6 Å². The van der Waals surface area contributed by atoms with Crippen LogP contribution < -0.4 is 10.6 Å². The Bertz CT molecular complexity index is 436. The van der Waals surface area contributed by atoms with Crippen molar-refractivity contribution in [1.82, 2.24) is 0 Å². The summed E-state index contributed by atoms with van der Waals surface area (Å²) in [7, 11) is 0. The van der Waals surface area contributed by atoms with Gasteiger partial charge in [0.25, 0.3) is 0 Å². The zero-order chi connectivity index (χ0) is 12.4. The Morgan fingerprint density at radius 1 is 1.59 bits per heavy atom. The van der Waals surface area contributed by atoms with Crippen LogP contribution >= 0.6 is 23.4 Å². The number of anilines is 1. The van der Waals surface area contributed by atoms with E-state index in [-0.39, 0.29) is 5.84 Å². The van der Waals surface area contributed by atoms with E-state index in [1.165, 1.54) is 0 Å². The van der Waals surface area contributed by atoms with Gasteiger partial charge in [0.1, 0.15) is 5.84 Å². The molecule has 2 rings (SSSR count). The van der Waals surface area contributed by atoms with Gasteiger partial charge in [0.05, 0.1) is 0 Å². The molecule has 0 bridgehead atoms. The van der Waals surface area contributed by atoms with Gasteiger partial charge >= 0.3 is 0 Å². The first-order valence-corrected chi connectivity index (χ1v) is 7.11. The molecule has 5 heteroatoms. The van der Waals surface area contributed by atoms with Crippen LogP contribution in [0.15, 0.2) is 18.2 Å². The van der Waals surface area contributed by atoms with Crippen LogP contribution in [-0.2, 0) is 0 Å². The number of rotatable bonds is 2. The molecule has 0 radical (unpaired) electrons. The molecule has 1 fully saturated rings. The summed E-state index contributed by atoms with van der Waals surface area (Å²) < 4.78 is 0. The first-order valence-electron chi connectivity index (χ1n) is 5.58. The van der Waals surface area contributed by atoms with Crippen molar-refractivity contribution in [3.63, 3.8) is 0 Å². The molecule has 0 spiro atoms. The van der Waals surface area contributed by atoms with Gasteiger partial charge in [-0.3, -0.25) is 5.41 Å². The van der Waals surface area contributed by atoms with Crippen molar-refractivity contribution in [2.75, 3.05) is 23.0 Å². The molecule has 1 heterocycles. The number of halogens is 1. The minimum Gasteiger partial charge on any atom is -0.384 e. The monoisotopic (exact) mass is 269 g/mol. The van der Waals surface area contributed by atoms with Gasteiger partial charge in [-0.2, -0.15) is 11.8 Å². The Morgan fingerprint density at radius 2 is 2.35 bits per heavy atom. The second-order valence-corrected chi connectivity index (χ2v) is 5.78. The molecule has 1 saturated heterocycles. The number of nitrogens with two attached hydrogens (primary N) is 1. The fourth-order valence-corrected chi connectivity index (χ4v) is 3.24. The lowest BCUT2D eigenvalue weighted by molar-refractivity contribution is 0.699. The summed E-state index contributed by atoms with van der Waals surface area (Å²) in [6, 6.07) is 5.97. The first kappa shape index (κ1) is 12.6. The first-order chi connectivity index (χ1) is 8.09. The highest BCUT2D eigenvalue weighted by Crippen LogP contribution is 2.29. The Kier molecular flexibility index (Phi) is 3.84. The Hall–Kier alpha value is -0.870. The molecule has 17 heavy (non-hydrogen) atoms. The van der Waals surface area contributed by atoms with Gasteiger partial charge in [-0.25, -0.2) is 0 Å². The van der Waals surface area contributed by atoms with Crippen molar-refractivity contribution < 1.29 is 0 Å². The fourth-order valence-electron chi connectivity index (χ4n) is 2.06. The van der Waals surface area contributed by atoms with Crippen LogP contribution in [0.4, 0.5) is 5.69 Å². The summed E-state index contributed by atoms with van der Waals surface area (Å²) in [6.07, 6.45) is 0. The zero-order valence-electron chi connectivity index (χ0n) is 9.74. The van der Waals surface area contributed by atoms with E-state index in [1.54, 1.807) is 6.07 Å². The van der Waals surface area contributed by atoms with Crippen LogP contribution in [0.5, 0.6) is 0 Å². The lowest BCUT2D eigenvalue weighted by atomic mass is 10.1. The predicted octanol–water partition coefficient (Wildman–Crippen LogP) is 2.57. The van der Waals surface area contributed by atoms with Gasteiger partial charge in [0, 0.05) is 40.4 Å². The number of hydrogen-bond donors (Lipinski definition) is 2. The van der Waals surface area contributed by atoms with Gasteiger partial charge in [-0.05, 0) is 25.1 Å². The number of hydrogen-bond acceptors (Lipinski definition) is 3. The average Bonchev–Trinajstić information content (AvgIpc) is 2.29. The summed E-state index contributed by atoms with van der Waals surface area (Å²) in [4.78, 5) is 2.29. The third kappa shape index (κ3) is 2.69. The minimum atomic E-state index is 0.0992. The maximum absolute atomic E-state index is 7.63. The molecule has 1 aliphatic rings. The number of nitrogens with one attached hydrogen (secondary N) is 1. The molecule has 0 aromatic heterocycles. The lowest BCUT2D eigenvalue weighted by Crippen LogP contribution is -2.41. The van der Waals surface area contributed by atoms with E-state index in [9.17, 15) is 0 Å². The van der Waals surface area contributed by atoms with Crippen molar-refractivity contribution in [2.24, 2.45) is 5.73 Å². The minimum absolute atomic E-state index is 0.0992. The molecular weight excluding hydrogens is 254 g/mol. The van der Waals surface area contributed by atoms with E-state index in [0.29, 0.717) is 11.1 Å². The fraction of sp³-hybridized carbons (Fsp3) is 0.417. The molecule has 0 saturated carbocycles. The smallest absolute Gasteiger partial charge is 0.124 e. The molecule has 1 atom stereocenters. The molecular formula is C12H16ClN3S. The van der Waals surface area contributed by atoms with Crippen molar-refractivity contribution in [3.8, 4) is 0 Å². The summed E-state index contributed by atoms with van der Waals surface area (Å²) in [5.74, 6) is 2.31. The summed E-state index contributed by atoms with van der Waals surface area (Å²) in [6.45, 7) is 3.17. The maximum Gasteiger partial charge on any atom is 0.124 e. The molecule has 3 N–H and O–H groups in total. The van der Waals surface area contributed by atoms with Crippen molar-refractivity contribution in [3.05, 3.63) is 28.8 Å². The lowest BCUT2D eigenvalue weighted by Gasteiger charge is -2.36. The van der Waals surface area contributed by atoms with E-state index in [2.05, 4.69) is 11.8 Å². The number of nitrogens with zero attached hydrogens (tertiary/aromatic N) is 1. The van der Waals surface area contributed by atoms with Gasteiger partial charge < -0.3 is 10.6 Å². The molecule has 0 aliphatic carbocycles. The zero-order valence-corrected chi connectivity index (χ0v) is 11.3. The Balaban J connectivity index is 2.41. The third-order valence-electron chi connectivity index (χ3n) is 2.93. The third-order valence-corrected chi connectivity index (χ3v) is 4.35. The van der Waals surface area contributed by atoms with Crippen LogP contribution in [0, 0.1) is 5.41 Å². The van der Waals surface area contributed by atoms with Crippen LogP contribution in [0.1, 0.15) is 12.5 Å². The highest BCUT2D eigenvalue weighted by Gasteiger charge is 2.22. The van der Waals surface area contributed by atoms with E-state index >= 15 is 0 Å². The van der Waals surface area contributed by atoms with E-state index in [0.717, 1.165) is 29.3 Å². The van der Waals surface area contributed by atoms with Crippen LogP contribution in [0.2, 0.25) is 5.02 Å². The summed E-state index contributed by atoms with van der Waals surface area (Å²) >= 11 is 8.01. The van der Waals surface area contributed by atoms with Crippen molar-refractivity contribution in [2.45, 2.75) is 13.0 Å². The summed E-state index contributed by atoms with van der Waals surface area (Å²) in [5, 5.41) is 8.32. The molecule has 92 valence electrons. The van der Waals surface area contributed by atoms with E-state index in [4.69, 9.17) is 22.7 Å². The van der Waals surface area contributed by atoms with E-state index < -0.39 is 0 Å². The standard InChI is InChI=1S/C12H16ClN3S/c1-8-7-17-5-4-16(8)11-6-9(13)2-3-10(11)12(14)15/h2-3,6,8H,4-5,7H2,1H3,(H3,14,15). The molecule has 0 amide bonds. The van der Waals surface area contributed by atoms with Crippen LogP contribution in [0.25, 0.3) is 0 Å². The number of thioether (sulfide) groups is 1. The van der Waals surface area contributed by atoms with Crippen LogP contribution in [-0.4, -0.2) is 29.9 Å². The largest absolute Gasteiger partial charge is 0.384 e. The molecule has 1 aliphatic heterocycles. The molecule has 1 aromatic carbocycles. The Labute approximate surface area is 111 Å². The summed E-state index contributed by atoms with van der Waals surface area (Å²) in [5.41, 5.74) is 7.38. The highest BCUT2D eigenvalue weighted by atomic mass is 35.5. The van der Waals surface area contributed by atoms with Crippen molar-refractivity contribution >= 4 is 34.9 Å². The van der Waals surface area contributed by atoms with Gasteiger partial charge in [-0.15, -0.1) is 0 Å². The van der Waals surface area contributed by atoms with Crippen molar-refractivity contribution in [1.29, 1.82) is 5.41 Å². The average molecular weight is 270 g/mol. The molecule has 1 unspecified atom stereocenters. The predicted molar refractivity (Wildman–Crippen MR) is 76.6 cm³/mol. The normalized spacial score (nSPS) is 20.4. The van der Waals surface area contributed by atoms with Crippen LogP contribution in [0.3, 0.4) is 0 Å².